The molecule has 24 heavy (non-hydrogen) atoms. The number of rotatable bonds is 3. The minimum atomic E-state index is 0. The average Bonchev–Trinajstić information content (AvgIpc) is 2.86. The smallest absolute Gasteiger partial charge is 0.191 e. The second-order valence-electron chi connectivity index (χ2n) is 7.27. The number of guanidine groups is 1. The number of halogens is 1. The molecule has 3 unspecified atom stereocenters. The Bertz CT molecular complexity index is 580. The summed E-state index contributed by atoms with van der Waals surface area (Å²) >= 11 is 0. The largest absolute Gasteiger partial charge is 0.377 e. The molecule has 2 N–H and O–H groups in total. The molecule has 0 aromatic carbocycles. The van der Waals surface area contributed by atoms with E-state index in [1.807, 2.05) is 20.9 Å². The zero-order valence-electron chi connectivity index (χ0n) is 15.2. The topological polar surface area (TPSA) is 71.7 Å². The summed E-state index contributed by atoms with van der Waals surface area (Å²) in [4.78, 5) is 4.37. The van der Waals surface area contributed by atoms with Gasteiger partial charge in [-0.25, -0.2) is 0 Å². The number of ether oxygens (including phenoxy) is 1. The highest BCUT2D eigenvalue weighted by Gasteiger charge is 2.58. The van der Waals surface area contributed by atoms with Crippen LogP contribution in [0.3, 0.4) is 0 Å². The molecule has 1 aliphatic heterocycles. The summed E-state index contributed by atoms with van der Waals surface area (Å²) in [6, 6.07) is 0.392. The summed E-state index contributed by atoms with van der Waals surface area (Å²) in [6.07, 6.45) is 2.75. The maximum Gasteiger partial charge on any atom is 0.191 e. The number of hydrogen-bond acceptors (Lipinski definition) is 4. The van der Waals surface area contributed by atoms with Crippen LogP contribution in [-0.2, 0) is 11.3 Å². The summed E-state index contributed by atoms with van der Waals surface area (Å²) < 4.78 is 11.2. The first-order valence-electron chi connectivity index (χ1n) is 8.45. The van der Waals surface area contributed by atoms with Gasteiger partial charge in [0.1, 0.15) is 5.76 Å². The average molecular weight is 448 g/mol. The van der Waals surface area contributed by atoms with Crippen molar-refractivity contribution in [2.45, 2.75) is 59.2 Å². The van der Waals surface area contributed by atoms with Gasteiger partial charge in [0.25, 0.3) is 0 Å². The summed E-state index contributed by atoms with van der Waals surface area (Å²) in [5.74, 6) is 2.26. The zero-order valence-corrected chi connectivity index (χ0v) is 17.5. The van der Waals surface area contributed by atoms with Crippen LogP contribution in [0, 0.1) is 25.2 Å². The SMILES string of the molecule is CN=C(NCc1c(C)noc1C)NC1C2CCCOC2C1(C)C.I. The van der Waals surface area contributed by atoms with Gasteiger partial charge < -0.3 is 19.9 Å². The van der Waals surface area contributed by atoms with Crippen LogP contribution < -0.4 is 10.6 Å². The van der Waals surface area contributed by atoms with E-state index in [0.29, 0.717) is 24.6 Å². The van der Waals surface area contributed by atoms with Gasteiger partial charge in [-0.05, 0) is 26.7 Å². The van der Waals surface area contributed by atoms with Crippen molar-refractivity contribution in [3.05, 3.63) is 17.0 Å². The van der Waals surface area contributed by atoms with Crippen LogP contribution in [0.25, 0.3) is 0 Å². The standard InChI is InChI=1S/C17H28N4O2.HI/c1-10-13(11(2)23-21-10)9-19-16(18-5)20-14-12-7-6-8-22-15(12)17(14,3)4;/h12,14-15H,6-9H2,1-5H3,(H2,18,19,20);1H. The van der Waals surface area contributed by atoms with Gasteiger partial charge in [0.05, 0.1) is 11.8 Å². The van der Waals surface area contributed by atoms with Gasteiger partial charge in [0.15, 0.2) is 5.96 Å². The molecule has 1 aromatic heterocycles. The lowest BCUT2D eigenvalue weighted by atomic mass is 9.55. The molecule has 0 bridgehead atoms. The van der Waals surface area contributed by atoms with Gasteiger partial charge in [-0.1, -0.05) is 19.0 Å². The third-order valence-corrected chi connectivity index (χ3v) is 5.46. The Labute approximate surface area is 161 Å². The first-order chi connectivity index (χ1) is 10.9. The third kappa shape index (κ3) is 3.42. The van der Waals surface area contributed by atoms with Crippen molar-refractivity contribution in [2.75, 3.05) is 13.7 Å². The lowest BCUT2D eigenvalue weighted by Crippen LogP contribution is -2.71. The molecule has 0 amide bonds. The molecule has 2 heterocycles. The van der Waals surface area contributed by atoms with Crippen LogP contribution >= 0.6 is 24.0 Å². The van der Waals surface area contributed by atoms with E-state index in [1.165, 1.54) is 6.42 Å². The predicted molar refractivity (Wildman–Crippen MR) is 105 cm³/mol. The number of nitrogens with one attached hydrogen (secondary N) is 2. The lowest BCUT2D eigenvalue weighted by Gasteiger charge is -2.60. The molecule has 7 heteroatoms. The highest BCUT2D eigenvalue weighted by Crippen LogP contribution is 2.51. The highest BCUT2D eigenvalue weighted by molar-refractivity contribution is 14.0. The molecule has 1 aliphatic carbocycles. The molecule has 136 valence electrons. The van der Waals surface area contributed by atoms with Crippen molar-refractivity contribution < 1.29 is 9.26 Å². The van der Waals surface area contributed by atoms with Crippen LogP contribution in [0.5, 0.6) is 0 Å². The van der Waals surface area contributed by atoms with Crippen molar-refractivity contribution >= 4 is 29.9 Å². The van der Waals surface area contributed by atoms with Crippen LogP contribution in [0.4, 0.5) is 0 Å². The van der Waals surface area contributed by atoms with Crippen molar-refractivity contribution in [1.82, 2.24) is 15.8 Å². The van der Waals surface area contributed by atoms with E-state index in [4.69, 9.17) is 9.26 Å². The maximum atomic E-state index is 5.97. The normalized spacial score (nSPS) is 28.4. The molecule has 0 spiro atoms. The van der Waals surface area contributed by atoms with Crippen molar-refractivity contribution in [1.29, 1.82) is 0 Å². The number of aryl methyl sites for hydroxylation is 2. The summed E-state index contributed by atoms with van der Waals surface area (Å²) in [5, 5.41) is 11.0. The van der Waals surface area contributed by atoms with E-state index < -0.39 is 0 Å². The fourth-order valence-electron chi connectivity index (χ4n) is 4.08. The van der Waals surface area contributed by atoms with Crippen LogP contribution in [-0.4, -0.2) is 36.9 Å². The van der Waals surface area contributed by atoms with Gasteiger partial charge in [0.2, 0.25) is 0 Å². The van der Waals surface area contributed by atoms with Gasteiger partial charge in [-0.2, -0.15) is 0 Å². The number of nitrogens with zero attached hydrogens (tertiary/aromatic N) is 2. The van der Waals surface area contributed by atoms with Gasteiger partial charge in [0, 0.05) is 43.1 Å². The van der Waals surface area contributed by atoms with Crippen LogP contribution in [0.15, 0.2) is 9.52 Å². The van der Waals surface area contributed by atoms with Gasteiger partial charge in [-0.15, -0.1) is 24.0 Å². The van der Waals surface area contributed by atoms with E-state index in [-0.39, 0.29) is 29.4 Å². The van der Waals surface area contributed by atoms with E-state index >= 15 is 0 Å². The first-order valence-corrected chi connectivity index (χ1v) is 8.45. The molecule has 1 saturated heterocycles. The molecule has 3 rings (SSSR count). The minimum Gasteiger partial charge on any atom is -0.377 e. The number of hydrogen-bond donors (Lipinski definition) is 2. The van der Waals surface area contributed by atoms with E-state index in [1.54, 1.807) is 0 Å². The fourth-order valence-corrected chi connectivity index (χ4v) is 4.08. The lowest BCUT2D eigenvalue weighted by molar-refractivity contribution is -0.188. The number of aromatic nitrogens is 1. The molecule has 2 fully saturated rings. The molecule has 2 aliphatic rings. The molecule has 3 atom stereocenters. The number of fused-ring (bicyclic) bond motifs is 1. The van der Waals surface area contributed by atoms with Crippen LogP contribution in [0.2, 0.25) is 0 Å². The highest BCUT2D eigenvalue weighted by atomic mass is 127. The Morgan fingerprint density at radius 1 is 1.38 bits per heavy atom. The summed E-state index contributed by atoms with van der Waals surface area (Å²) in [6.45, 7) is 10.0. The van der Waals surface area contributed by atoms with E-state index in [9.17, 15) is 0 Å². The molecule has 1 aromatic rings. The Balaban J connectivity index is 0.00000208. The molecular weight excluding hydrogens is 419 g/mol. The molecule has 6 nitrogen and oxygen atoms in total. The van der Waals surface area contributed by atoms with Gasteiger partial charge >= 0.3 is 0 Å². The summed E-state index contributed by atoms with van der Waals surface area (Å²) in [7, 11) is 1.81. The Morgan fingerprint density at radius 3 is 2.75 bits per heavy atom. The number of aliphatic imine (C=N–C) groups is 1. The van der Waals surface area contributed by atoms with E-state index in [0.717, 1.165) is 36.0 Å². The van der Waals surface area contributed by atoms with E-state index in [2.05, 4.69) is 34.6 Å². The Kier molecular flexibility index (Phi) is 6.17. The first kappa shape index (κ1) is 19.5. The molecule has 1 saturated carbocycles. The quantitative estimate of drug-likeness (QED) is 0.423. The molecule has 0 radical (unpaired) electrons. The monoisotopic (exact) mass is 448 g/mol. The predicted octanol–water partition coefficient (Wildman–Crippen LogP) is 2.78. The van der Waals surface area contributed by atoms with Crippen molar-refractivity contribution in [3.8, 4) is 0 Å². The molecular formula is C17H29IN4O2. The minimum absolute atomic E-state index is 0. The summed E-state index contributed by atoms with van der Waals surface area (Å²) in [5.41, 5.74) is 2.15. The van der Waals surface area contributed by atoms with Crippen molar-refractivity contribution in [3.63, 3.8) is 0 Å². The third-order valence-electron chi connectivity index (χ3n) is 5.46. The van der Waals surface area contributed by atoms with Crippen LogP contribution in [0.1, 0.15) is 43.7 Å². The second-order valence-corrected chi connectivity index (χ2v) is 7.27. The van der Waals surface area contributed by atoms with Gasteiger partial charge in [-0.3, -0.25) is 4.99 Å². The Hall–Kier alpha value is -0.830. The Morgan fingerprint density at radius 2 is 2.12 bits per heavy atom. The zero-order chi connectivity index (χ0) is 16.6. The second kappa shape index (κ2) is 7.59. The van der Waals surface area contributed by atoms with Crippen molar-refractivity contribution in [2.24, 2.45) is 16.3 Å². The fraction of sp³-hybridized carbons (Fsp3) is 0.765. The maximum absolute atomic E-state index is 5.97.